The van der Waals surface area contributed by atoms with Crippen molar-refractivity contribution in [1.82, 2.24) is 4.90 Å². The van der Waals surface area contributed by atoms with Crippen molar-refractivity contribution >= 4 is 27.3 Å². The minimum Gasteiger partial charge on any atom is -0.488 e. The largest absolute Gasteiger partial charge is 0.488 e. The van der Waals surface area contributed by atoms with Crippen LogP contribution in [0.25, 0.3) is 0 Å². The van der Waals surface area contributed by atoms with Gasteiger partial charge in [0, 0.05) is 24.4 Å². The summed E-state index contributed by atoms with van der Waals surface area (Å²) >= 11 is 5.96. The number of carbonyl (C=O) groups excluding carboxylic acids is 1. The smallest absolute Gasteiger partial charge is 0.237 e. The molecule has 1 heterocycles. The first kappa shape index (κ1) is 18.5. The maximum absolute atomic E-state index is 12.1. The van der Waals surface area contributed by atoms with Gasteiger partial charge in [0.2, 0.25) is 5.91 Å². The van der Waals surface area contributed by atoms with E-state index in [1.54, 1.807) is 29.2 Å². The van der Waals surface area contributed by atoms with Gasteiger partial charge >= 0.3 is 0 Å². The molecule has 8 heteroatoms. The molecule has 2 aliphatic rings. The molecular weight excluding hydrogens is 366 g/mol. The number of hydrogen-bond acceptors (Lipinski definition) is 5. The fourth-order valence-electron chi connectivity index (χ4n) is 3.75. The molecule has 0 aromatic heterocycles. The Morgan fingerprint density at radius 1 is 1.32 bits per heavy atom. The summed E-state index contributed by atoms with van der Waals surface area (Å²) in [6.07, 6.45) is 1.25. The van der Waals surface area contributed by atoms with E-state index >= 15 is 0 Å². The van der Waals surface area contributed by atoms with E-state index in [-0.39, 0.29) is 23.8 Å². The maximum atomic E-state index is 12.1. The number of fused-ring (bicyclic) bond motifs is 1. The molecule has 1 amide bonds. The Morgan fingerprint density at radius 3 is 2.64 bits per heavy atom. The van der Waals surface area contributed by atoms with Crippen LogP contribution in [-0.4, -0.2) is 61.6 Å². The average molecular weight is 388 g/mol. The molecule has 1 saturated heterocycles. The number of carbonyl (C=O) groups is 1. The number of sulfone groups is 1. The predicted octanol–water partition coefficient (Wildman–Crippen LogP) is 1.36. The lowest BCUT2D eigenvalue weighted by Gasteiger charge is -2.35. The number of amides is 1. The molecule has 2 fully saturated rings. The molecule has 138 valence electrons. The van der Waals surface area contributed by atoms with Crippen molar-refractivity contribution in [3.8, 4) is 5.75 Å². The molecule has 1 N–H and O–H groups in total. The van der Waals surface area contributed by atoms with Gasteiger partial charge in [-0.3, -0.25) is 4.79 Å². The van der Waals surface area contributed by atoms with Crippen molar-refractivity contribution in [3.05, 3.63) is 29.3 Å². The number of aliphatic hydroxyl groups excluding tert-OH is 1. The second-order valence-electron chi connectivity index (χ2n) is 7.04. The Balaban J connectivity index is 1.63. The van der Waals surface area contributed by atoms with Gasteiger partial charge in [0.1, 0.15) is 17.6 Å². The quantitative estimate of drug-likeness (QED) is 0.843. The first-order valence-corrected chi connectivity index (χ1v) is 10.7. The average Bonchev–Trinajstić information content (AvgIpc) is 2.89. The van der Waals surface area contributed by atoms with Crippen LogP contribution in [0.2, 0.25) is 5.02 Å². The summed E-state index contributed by atoms with van der Waals surface area (Å²) in [5.74, 6) is 0.169. The molecule has 1 aliphatic heterocycles. The van der Waals surface area contributed by atoms with E-state index in [9.17, 15) is 18.3 Å². The number of likely N-dealkylation sites (tertiary alicyclic amines) is 1. The van der Waals surface area contributed by atoms with E-state index < -0.39 is 21.7 Å². The zero-order valence-electron chi connectivity index (χ0n) is 14.0. The van der Waals surface area contributed by atoms with Gasteiger partial charge < -0.3 is 14.7 Å². The number of halogens is 1. The first-order valence-electron chi connectivity index (χ1n) is 8.27. The second-order valence-corrected chi connectivity index (χ2v) is 9.62. The lowest BCUT2D eigenvalue weighted by Crippen LogP contribution is -2.42. The highest BCUT2D eigenvalue weighted by atomic mass is 35.5. The first-order chi connectivity index (χ1) is 11.7. The fraction of sp³-hybridized carbons (Fsp3) is 0.588. The Labute approximate surface area is 152 Å². The van der Waals surface area contributed by atoms with Gasteiger partial charge in [0.05, 0.1) is 6.10 Å². The van der Waals surface area contributed by atoms with Gasteiger partial charge in [0.25, 0.3) is 0 Å². The zero-order chi connectivity index (χ0) is 18.2. The van der Waals surface area contributed by atoms with Crippen LogP contribution in [0.1, 0.15) is 12.8 Å². The van der Waals surface area contributed by atoms with Crippen LogP contribution >= 0.6 is 11.6 Å². The number of ether oxygens (including phenoxy) is 1. The van der Waals surface area contributed by atoms with Crippen LogP contribution in [0.3, 0.4) is 0 Å². The van der Waals surface area contributed by atoms with E-state index in [1.165, 1.54) is 0 Å². The van der Waals surface area contributed by atoms with E-state index in [1.807, 2.05) is 0 Å². The molecule has 0 spiro atoms. The van der Waals surface area contributed by atoms with Crippen molar-refractivity contribution in [2.45, 2.75) is 25.0 Å². The van der Waals surface area contributed by atoms with Crippen LogP contribution in [0.5, 0.6) is 5.75 Å². The highest BCUT2D eigenvalue weighted by molar-refractivity contribution is 7.91. The van der Waals surface area contributed by atoms with Crippen molar-refractivity contribution in [2.75, 3.05) is 25.1 Å². The van der Waals surface area contributed by atoms with Gasteiger partial charge in [-0.05, 0) is 42.9 Å². The third-order valence-corrected chi connectivity index (χ3v) is 5.91. The third kappa shape index (κ3) is 4.65. The van der Waals surface area contributed by atoms with Crippen molar-refractivity contribution < 1.29 is 23.1 Å². The molecule has 1 aromatic rings. The highest BCUT2D eigenvalue weighted by Crippen LogP contribution is 2.38. The standard InChI is InChI=1S/C17H22ClNO5S/c1-25(22,23)10-17(21)19-8-11-5-15(20)16(6-12(11)9-19)24-14-4-2-3-13(18)7-14/h2-4,7,11-12,15-16,20H,5-6,8-10H2,1H3/t11-,12+,15+,16+/m0/s1. The SMILES string of the molecule is CS(=O)(=O)CC(=O)N1C[C@H]2C[C@@H](Oc3cccc(Cl)c3)[C@H](O)C[C@H]2C1. The molecule has 0 radical (unpaired) electrons. The van der Waals surface area contributed by atoms with Crippen LogP contribution in [0.4, 0.5) is 0 Å². The molecule has 6 nitrogen and oxygen atoms in total. The number of hydrogen-bond donors (Lipinski definition) is 1. The number of nitrogens with zero attached hydrogens (tertiary/aromatic N) is 1. The number of benzene rings is 1. The predicted molar refractivity (Wildman–Crippen MR) is 94.4 cm³/mol. The summed E-state index contributed by atoms with van der Waals surface area (Å²) < 4.78 is 28.6. The van der Waals surface area contributed by atoms with Gasteiger partial charge in [-0.2, -0.15) is 0 Å². The summed E-state index contributed by atoms with van der Waals surface area (Å²) in [6.45, 7) is 1.01. The zero-order valence-corrected chi connectivity index (χ0v) is 15.5. The van der Waals surface area contributed by atoms with E-state index in [0.717, 1.165) is 6.26 Å². The van der Waals surface area contributed by atoms with Crippen molar-refractivity contribution in [2.24, 2.45) is 11.8 Å². The summed E-state index contributed by atoms with van der Waals surface area (Å²) in [6, 6.07) is 7.04. The molecule has 1 aromatic carbocycles. The summed E-state index contributed by atoms with van der Waals surface area (Å²) in [5, 5.41) is 11.0. The molecule has 1 saturated carbocycles. The minimum absolute atomic E-state index is 0.178. The Kier molecular flexibility index (Phi) is 5.27. The van der Waals surface area contributed by atoms with Gasteiger partial charge in [-0.25, -0.2) is 8.42 Å². The van der Waals surface area contributed by atoms with Crippen LogP contribution in [0, 0.1) is 11.8 Å². The van der Waals surface area contributed by atoms with Gasteiger partial charge in [0.15, 0.2) is 9.84 Å². The second kappa shape index (κ2) is 7.13. The van der Waals surface area contributed by atoms with Gasteiger partial charge in [-0.15, -0.1) is 0 Å². The van der Waals surface area contributed by atoms with Crippen LogP contribution < -0.4 is 4.74 Å². The summed E-state index contributed by atoms with van der Waals surface area (Å²) in [4.78, 5) is 13.7. The third-order valence-electron chi connectivity index (χ3n) is 4.91. The molecule has 1 aliphatic carbocycles. The summed E-state index contributed by atoms with van der Waals surface area (Å²) in [5.41, 5.74) is 0. The normalized spacial score (nSPS) is 29.3. The topological polar surface area (TPSA) is 83.9 Å². The minimum atomic E-state index is -3.34. The highest BCUT2D eigenvalue weighted by Gasteiger charge is 2.44. The van der Waals surface area contributed by atoms with Crippen LogP contribution in [-0.2, 0) is 14.6 Å². The molecular formula is C17H22ClNO5S. The van der Waals surface area contributed by atoms with Gasteiger partial charge in [-0.1, -0.05) is 17.7 Å². The van der Waals surface area contributed by atoms with Crippen LogP contribution in [0.15, 0.2) is 24.3 Å². The van der Waals surface area contributed by atoms with Crippen molar-refractivity contribution in [1.29, 1.82) is 0 Å². The summed E-state index contributed by atoms with van der Waals surface area (Å²) in [7, 11) is -3.34. The number of rotatable bonds is 4. The maximum Gasteiger partial charge on any atom is 0.237 e. The lowest BCUT2D eigenvalue weighted by atomic mass is 9.78. The monoisotopic (exact) mass is 387 g/mol. The Bertz CT molecular complexity index is 753. The van der Waals surface area contributed by atoms with E-state index in [4.69, 9.17) is 16.3 Å². The fourth-order valence-corrected chi connectivity index (χ4v) is 4.56. The number of aliphatic hydroxyl groups is 1. The molecule has 4 atom stereocenters. The van der Waals surface area contributed by atoms with E-state index in [0.29, 0.717) is 36.7 Å². The Hall–Kier alpha value is -1.31. The molecule has 3 rings (SSSR count). The van der Waals surface area contributed by atoms with E-state index in [2.05, 4.69) is 0 Å². The molecule has 25 heavy (non-hydrogen) atoms. The molecule has 0 unspecified atom stereocenters. The van der Waals surface area contributed by atoms with Crippen molar-refractivity contribution in [3.63, 3.8) is 0 Å². The Morgan fingerprint density at radius 2 is 2.00 bits per heavy atom. The molecule has 0 bridgehead atoms. The lowest BCUT2D eigenvalue weighted by molar-refractivity contribution is -0.127.